The minimum atomic E-state index is -3.67. The Labute approximate surface area is 157 Å². The molecule has 1 fully saturated rings. The molecule has 0 radical (unpaired) electrons. The predicted octanol–water partition coefficient (Wildman–Crippen LogP) is 2.76. The number of anilines is 2. The number of benzene rings is 1. The molecule has 7 nitrogen and oxygen atoms in total. The van der Waals surface area contributed by atoms with Crippen molar-refractivity contribution >= 4 is 38.1 Å². The second-order valence-corrected chi connectivity index (χ2v) is 8.74. The molecule has 26 heavy (non-hydrogen) atoms. The summed E-state index contributed by atoms with van der Waals surface area (Å²) in [7, 11) is -3.67. The average molecular weight is 395 g/mol. The fourth-order valence-corrected chi connectivity index (χ4v) is 4.62. The van der Waals surface area contributed by atoms with Crippen molar-refractivity contribution in [3.05, 3.63) is 35.8 Å². The van der Waals surface area contributed by atoms with Crippen LogP contribution in [-0.2, 0) is 14.8 Å². The first kappa shape index (κ1) is 18.8. The number of aromatic nitrogens is 1. The van der Waals surface area contributed by atoms with Gasteiger partial charge in [-0.05, 0) is 50.2 Å². The van der Waals surface area contributed by atoms with E-state index in [4.69, 9.17) is 0 Å². The number of sulfonamides is 1. The number of thiazole rings is 1. The van der Waals surface area contributed by atoms with E-state index in [1.165, 1.54) is 48.9 Å². The van der Waals surface area contributed by atoms with Gasteiger partial charge in [0, 0.05) is 30.2 Å². The van der Waals surface area contributed by atoms with Gasteiger partial charge in [0.1, 0.15) is 0 Å². The Morgan fingerprint density at radius 1 is 1.15 bits per heavy atom. The van der Waals surface area contributed by atoms with Gasteiger partial charge in [-0.25, -0.2) is 13.4 Å². The van der Waals surface area contributed by atoms with E-state index in [0.717, 1.165) is 19.6 Å². The summed E-state index contributed by atoms with van der Waals surface area (Å²) in [4.78, 5) is 18.4. The summed E-state index contributed by atoms with van der Waals surface area (Å²) in [6, 6.07) is 6.12. The highest BCUT2D eigenvalue weighted by molar-refractivity contribution is 7.93. The van der Waals surface area contributed by atoms with Crippen LogP contribution in [0.4, 0.5) is 10.8 Å². The van der Waals surface area contributed by atoms with Crippen molar-refractivity contribution in [1.82, 2.24) is 9.88 Å². The number of carbonyl (C=O) groups excluding carboxylic acids is 1. The smallest absolute Gasteiger partial charge is 0.263 e. The Hall–Kier alpha value is -1.97. The maximum absolute atomic E-state index is 12.3. The van der Waals surface area contributed by atoms with Crippen molar-refractivity contribution in [1.29, 1.82) is 0 Å². The largest absolute Gasteiger partial charge is 0.326 e. The van der Waals surface area contributed by atoms with Gasteiger partial charge in [-0.1, -0.05) is 6.42 Å². The second-order valence-electron chi connectivity index (χ2n) is 6.17. The number of piperidine rings is 1. The highest BCUT2D eigenvalue weighted by Crippen LogP contribution is 2.19. The number of hydrogen-bond acceptors (Lipinski definition) is 6. The standard InChI is InChI=1S/C17H22N4O3S2/c22-16(8-12-21-10-2-1-3-11-21)19-14-4-6-15(7-5-14)26(23,24)20-17-18-9-13-25-17/h4-7,9,13H,1-3,8,10-12H2,(H,18,20)(H,19,22). The molecule has 0 spiro atoms. The molecule has 2 N–H and O–H groups in total. The van der Waals surface area contributed by atoms with Crippen LogP contribution < -0.4 is 10.0 Å². The van der Waals surface area contributed by atoms with Gasteiger partial charge in [0.15, 0.2) is 5.13 Å². The number of hydrogen-bond donors (Lipinski definition) is 2. The van der Waals surface area contributed by atoms with Gasteiger partial charge in [-0.3, -0.25) is 9.52 Å². The Kier molecular flexibility index (Phi) is 6.23. The molecule has 1 aliphatic heterocycles. The van der Waals surface area contributed by atoms with Crippen molar-refractivity contribution in [2.24, 2.45) is 0 Å². The van der Waals surface area contributed by atoms with Crippen LogP contribution in [0.5, 0.6) is 0 Å². The zero-order chi connectivity index (χ0) is 18.4. The van der Waals surface area contributed by atoms with E-state index >= 15 is 0 Å². The number of amides is 1. The second kappa shape index (κ2) is 8.61. The first-order valence-electron chi connectivity index (χ1n) is 8.57. The zero-order valence-corrected chi connectivity index (χ0v) is 16.0. The van der Waals surface area contributed by atoms with Crippen molar-refractivity contribution in [2.75, 3.05) is 29.7 Å². The third-order valence-corrected chi connectivity index (χ3v) is 6.38. The van der Waals surface area contributed by atoms with Crippen molar-refractivity contribution in [3.63, 3.8) is 0 Å². The lowest BCUT2D eigenvalue weighted by molar-refractivity contribution is -0.116. The third-order valence-electron chi connectivity index (χ3n) is 4.21. The number of carbonyl (C=O) groups is 1. The first-order valence-corrected chi connectivity index (χ1v) is 10.9. The Morgan fingerprint density at radius 2 is 1.88 bits per heavy atom. The molecular formula is C17H22N4O3S2. The fraction of sp³-hybridized carbons (Fsp3) is 0.412. The monoisotopic (exact) mass is 394 g/mol. The van der Waals surface area contributed by atoms with E-state index in [1.807, 2.05) is 0 Å². The normalized spacial score (nSPS) is 15.5. The summed E-state index contributed by atoms with van der Waals surface area (Å²) in [5, 5.41) is 4.83. The SMILES string of the molecule is O=C(CCN1CCCCC1)Nc1ccc(S(=O)(=O)Nc2nccs2)cc1. The molecule has 3 rings (SSSR count). The molecule has 0 bridgehead atoms. The molecule has 1 saturated heterocycles. The predicted molar refractivity (Wildman–Crippen MR) is 103 cm³/mol. The van der Waals surface area contributed by atoms with E-state index in [9.17, 15) is 13.2 Å². The van der Waals surface area contributed by atoms with E-state index < -0.39 is 10.0 Å². The van der Waals surface area contributed by atoms with E-state index in [-0.39, 0.29) is 10.8 Å². The molecule has 1 aliphatic rings. The third kappa shape index (κ3) is 5.26. The molecule has 0 unspecified atom stereocenters. The maximum atomic E-state index is 12.3. The van der Waals surface area contributed by atoms with Crippen LogP contribution in [0.15, 0.2) is 40.7 Å². The lowest BCUT2D eigenvalue weighted by atomic mass is 10.1. The molecule has 1 amide bonds. The topological polar surface area (TPSA) is 91.4 Å². The summed E-state index contributed by atoms with van der Waals surface area (Å²) < 4.78 is 27.0. The van der Waals surface area contributed by atoms with Gasteiger partial charge >= 0.3 is 0 Å². The first-order chi connectivity index (χ1) is 12.5. The van der Waals surface area contributed by atoms with Gasteiger partial charge < -0.3 is 10.2 Å². The van der Waals surface area contributed by atoms with Crippen LogP contribution in [0.2, 0.25) is 0 Å². The molecular weight excluding hydrogens is 372 g/mol. The molecule has 0 saturated carbocycles. The Balaban J connectivity index is 1.52. The molecule has 1 aromatic heterocycles. The zero-order valence-electron chi connectivity index (χ0n) is 14.3. The van der Waals surface area contributed by atoms with Crippen LogP contribution in [-0.4, -0.2) is 43.8 Å². The number of nitrogens with zero attached hydrogens (tertiary/aromatic N) is 2. The Bertz CT molecular complexity index is 814. The highest BCUT2D eigenvalue weighted by atomic mass is 32.2. The number of likely N-dealkylation sites (tertiary alicyclic amines) is 1. The van der Waals surface area contributed by atoms with Gasteiger partial charge in [0.2, 0.25) is 5.91 Å². The summed E-state index contributed by atoms with van der Waals surface area (Å²) in [6.07, 6.45) is 5.64. The number of nitrogens with one attached hydrogen (secondary N) is 2. The Morgan fingerprint density at radius 3 is 2.54 bits per heavy atom. The lowest BCUT2D eigenvalue weighted by Gasteiger charge is -2.25. The van der Waals surface area contributed by atoms with Crippen LogP contribution in [0.1, 0.15) is 25.7 Å². The minimum Gasteiger partial charge on any atom is -0.326 e. The summed E-state index contributed by atoms with van der Waals surface area (Å²) in [6.45, 7) is 2.88. The lowest BCUT2D eigenvalue weighted by Crippen LogP contribution is -2.32. The quantitative estimate of drug-likeness (QED) is 0.753. The molecule has 0 atom stereocenters. The van der Waals surface area contributed by atoms with Gasteiger partial charge in [0.25, 0.3) is 10.0 Å². The molecule has 2 aromatic rings. The van der Waals surface area contributed by atoms with Crippen molar-refractivity contribution in [3.8, 4) is 0 Å². The minimum absolute atomic E-state index is 0.0629. The van der Waals surface area contributed by atoms with Crippen molar-refractivity contribution in [2.45, 2.75) is 30.6 Å². The molecule has 2 heterocycles. The van der Waals surface area contributed by atoms with E-state index in [1.54, 1.807) is 17.5 Å². The summed E-state index contributed by atoms with van der Waals surface area (Å²) in [5.41, 5.74) is 0.585. The van der Waals surface area contributed by atoms with E-state index in [0.29, 0.717) is 17.2 Å². The molecule has 140 valence electrons. The van der Waals surface area contributed by atoms with Gasteiger partial charge in [-0.2, -0.15) is 0 Å². The molecule has 9 heteroatoms. The molecule has 0 aliphatic carbocycles. The molecule has 1 aromatic carbocycles. The van der Waals surface area contributed by atoms with Crippen molar-refractivity contribution < 1.29 is 13.2 Å². The van der Waals surface area contributed by atoms with Crippen LogP contribution >= 0.6 is 11.3 Å². The highest BCUT2D eigenvalue weighted by Gasteiger charge is 2.16. The fourth-order valence-electron chi connectivity index (χ4n) is 2.83. The number of rotatable bonds is 7. The summed E-state index contributed by atoms with van der Waals surface area (Å²) in [5.74, 6) is -0.0629. The van der Waals surface area contributed by atoms with Crippen LogP contribution in [0, 0.1) is 0 Å². The van der Waals surface area contributed by atoms with Gasteiger partial charge in [0.05, 0.1) is 4.90 Å². The maximum Gasteiger partial charge on any atom is 0.263 e. The van der Waals surface area contributed by atoms with Crippen LogP contribution in [0.25, 0.3) is 0 Å². The van der Waals surface area contributed by atoms with Gasteiger partial charge in [-0.15, -0.1) is 11.3 Å². The van der Waals surface area contributed by atoms with Crippen LogP contribution in [0.3, 0.4) is 0 Å². The summed E-state index contributed by atoms with van der Waals surface area (Å²) >= 11 is 1.21. The average Bonchev–Trinajstić information content (AvgIpc) is 3.14. The van der Waals surface area contributed by atoms with E-state index in [2.05, 4.69) is 19.9 Å².